The third-order valence-electron chi connectivity index (χ3n) is 3.01. The van der Waals surface area contributed by atoms with Gasteiger partial charge < -0.3 is 4.74 Å². The van der Waals surface area contributed by atoms with Crippen molar-refractivity contribution in [3.63, 3.8) is 0 Å². The average molecular weight is 358 g/mol. The van der Waals surface area contributed by atoms with Crippen molar-refractivity contribution in [2.75, 3.05) is 0 Å². The molecule has 0 spiro atoms. The minimum Gasteiger partial charge on any atom is -0.455 e. The summed E-state index contributed by atoms with van der Waals surface area (Å²) in [6, 6.07) is 16.7. The Labute approximate surface area is 135 Å². The van der Waals surface area contributed by atoms with E-state index in [1.807, 2.05) is 36.4 Å². The summed E-state index contributed by atoms with van der Waals surface area (Å²) in [6.45, 7) is 0.0764. The maximum absolute atomic E-state index is 12.0. The van der Waals surface area contributed by atoms with E-state index >= 15 is 0 Å². The van der Waals surface area contributed by atoms with E-state index in [1.54, 1.807) is 29.1 Å². The first kappa shape index (κ1) is 14.5. The molecule has 1 heterocycles. The summed E-state index contributed by atoms with van der Waals surface area (Å²) in [5.41, 5.74) is 1.97. The van der Waals surface area contributed by atoms with Gasteiger partial charge in [0.05, 0.1) is 17.4 Å². The lowest BCUT2D eigenvalue weighted by molar-refractivity contribution is 0.0466. The highest BCUT2D eigenvalue weighted by molar-refractivity contribution is 9.10. The lowest BCUT2D eigenvalue weighted by Crippen LogP contribution is -2.06. The number of hydrogen-bond acceptors (Lipinski definition) is 4. The molecule has 3 aromatic rings. The number of ether oxygens (including phenoxy) is 1. The SMILES string of the molecule is O=C(OCc1cn(-c2ccccc2)nn1)c1ccccc1Br. The summed E-state index contributed by atoms with van der Waals surface area (Å²) in [5, 5.41) is 8.03. The van der Waals surface area contributed by atoms with Crippen LogP contribution in [0.25, 0.3) is 5.69 Å². The van der Waals surface area contributed by atoms with Crippen molar-refractivity contribution in [1.29, 1.82) is 0 Å². The molecule has 0 bridgehead atoms. The number of halogens is 1. The molecule has 0 amide bonds. The second kappa shape index (κ2) is 6.53. The smallest absolute Gasteiger partial charge is 0.339 e. The van der Waals surface area contributed by atoms with Crippen molar-refractivity contribution in [2.45, 2.75) is 6.61 Å². The van der Waals surface area contributed by atoms with Crippen LogP contribution in [-0.2, 0) is 11.3 Å². The van der Waals surface area contributed by atoms with Crippen molar-refractivity contribution in [1.82, 2.24) is 15.0 Å². The summed E-state index contributed by atoms with van der Waals surface area (Å²) in [4.78, 5) is 12.0. The molecule has 1 aromatic heterocycles. The van der Waals surface area contributed by atoms with Crippen LogP contribution in [0, 0.1) is 0 Å². The normalized spacial score (nSPS) is 10.4. The van der Waals surface area contributed by atoms with Crippen LogP contribution in [0.3, 0.4) is 0 Å². The number of para-hydroxylation sites is 1. The van der Waals surface area contributed by atoms with Gasteiger partial charge in [-0.2, -0.15) is 0 Å². The molecule has 0 radical (unpaired) electrons. The number of esters is 1. The number of carbonyl (C=O) groups is 1. The Morgan fingerprint density at radius 3 is 2.59 bits per heavy atom. The molecule has 0 saturated heterocycles. The molecule has 0 N–H and O–H groups in total. The standard InChI is InChI=1S/C16H12BrN3O2/c17-15-9-5-4-8-14(15)16(21)22-11-12-10-20(19-18-12)13-6-2-1-3-7-13/h1-10H,11H2. The van der Waals surface area contributed by atoms with E-state index in [4.69, 9.17) is 4.74 Å². The molecule has 0 aliphatic carbocycles. The Balaban J connectivity index is 1.67. The Morgan fingerprint density at radius 1 is 1.09 bits per heavy atom. The van der Waals surface area contributed by atoms with Crippen molar-refractivity contribution < 1.29 is 9.53 Å². The van der Waals surface area contributed by atoms with Gasteiger partial charge in [-0.25, -0.2) is 9.48 Å². The van der Waals surface area contributed by atoms with Crippen LogP contribution in [0.15, 0.2) is 65.3 Å². The molecule has 0 atom stereocenters. The molecule has 2 aromatic carbocycles. The molecule has 3 rings (SSSR count). The summed E-state index contributed by atoms with van der Waals surface area (Å²) in [5.74, 6) is -0.401. The Hall–Kier alpha value is -2.47. The van der Waals surface area contributed by atoms with E-state index in [9.17, 15) is 4.79 Å². The van der Waals surface area contributed by atoms with Gasteiger partial charge >= 0.3 is 5.97 Å². The van der Waals surface area contributed by atoms with Crippen molar-refractivity contribution in [3.8, 4) is 5.69 Å². The maximum Gasteiger partial charge on any atom is 0.339 e. The van der Waals surface area contributed by atoms with E-state index in [0.29, 0.717) is 15.7 Å². The summed E-state index contributed by atoms with van der Waals surface area (Å²) in [6.07, 6.45) is 1.74. The minimum atomic E-state index is -0.401. The number of hydrogen-bond donors (Lipinski definition) is 0. The van der Waals surface area contributed by atoms with Gasteiger partial charge in [0.25, 0.3) is 0 Å². The number of carbonyl (C=O) groups excluding carboxylic acids is 1. The monoisotopic (exact) mass is 357 g/mol. The third-order valence-corrected chi connectivity index (χ3v) is 3.70. The zero-order chi connectivity index (χ0) is 15.4. The fourth-order valence-electron chi connectivity index (χ4n) is 1.92. The fourth-order valence-corrected chi connectivity index (χ4v) is 2.36. The van der Waals surface area contributed by atoms with Crippen LogP contribution in [0.5, 0.6) is 0 Å². The molecule has 0 fully saturated rings. The van der Waals surface area contributed by atoms with Gasteiger partial charge in [-0.3, -0.25) is 0 Å². The zero-order valence-electron chi connectivity index (χ0n) is 11.5. The van der Waals surface area contributed by atoms with Crippen molar-refractivity contribution in [2.24, 2.45) is 0 Å². The Bertz CT molecular complexity index is 787. The van der Waals surface area contributed by atoms with Crippen LogP contribution in [-0.4, -0.2) is 21.0 Å². The largest absolute Gasteiger partial charge is 0.455 e. The lowest BCUT2D eigenvalue weighted by atomic mass is 10.2. The van der Waals surface area contributed by atoms with E-state index < -0.39 is 5.97 Å². The van der Waals surface area contributed by atoms with Gasteiger partial charge in [0.1, 0.15) is 12.3 Å². The van der Waals surface area contributed by atoms with E-state index in [1.165, 1.54) is 0 Å². The highest BCUT2D eigenvalue weighted by Gasteiger charge is 2.12. The van der Waals surface area contributed by atoms with Gasteiger partial charge in [0, 0.05) is 4.47 Å². The first-order valence-corrected chi connectivity index (χ1v) is 7.41. The first-order chi connectivity index (χ1) is 10.7. The molecule has 5 nitrogen and oxygen atoms in total. The molecular formula is C16H12BrN3O2. The fraction of sp³-hybridized carbons (Fsp3) is 0.0625. The van der Waals surface area contributed by atoms with E-state index in [0.717, 1.165) is 5.69 Å². The Kier molecular flexibility index (Phi) is 4.29. The predicted octanol–water partition coefficient (Wildman–Crippen LogP) is 3.39. The van der Waals surface area contributed by atoms with Gasteiger partial charge in [-0.05, 0) is 40.2 Å². The summed E-state index contributed by atoms with van der Waals surface area (Å²) >= 11 is 3.32. The Morgan fingerprint density at radius 2 is 1.82 bits per heavy atom. The topological polar surface area (TPSA) is 57.0 Å². The van der Waals surface area contributed by atoms with Crippen molar-refractivity contribution in [3.05, 3.63) is 76.5 Å². The highest BCUT2D eigenvalue weighted by atomic mass is 79.9. The van der Waals surface area contributed by atoms with Crippen LogP contribution in [0.4, 0.5) is 0 Å². The van der Waals surface area contributed by atoms with Crippen LogP contribution >= 0.6 is 15.9 Å². The number of nitrogens with zero attached hydrogens (tertiary/aromatic N) is 3. The van der Waals surface area contributed by atoms with Gasteiger partial charge in [-0.1, -0.05) is 35.5 Å². The summed E-state index contributed by atoms with van der Waals surface area (Å²) in [7, 11) is 0. The maximum atomic E-state index is 12.0. The second-order valence-corrected chi connectivity index (χ2v) is 5.40. The molecule has 110 valence electrons. The quantitative estimate of drug-likeness (QED) is 0.671. The molecule has 6 heteroatoms. The molecule has 22 heavy (non-hydrogen) atoms. The second-order valence-electron chi connectivity index (χ2n) is 4.55. The number of aromatic nitrogens is 3. The molecule has 0 unspecified atom stereocenters. The number of rotatable bonds is 4. The lowest BCUT2D eigenvalue weighted by Gasteiger charge is -2.04. The van der Waals surface area contributed by atoms with E-state index in [2.05, 4.69) is 26.2 Å². The molecule has 0 saturated carbocycles. The molecular weight excluding hydrogens is 346 g/mol. The van der Waals surface area contributed by atoms with Crippen LogP contribution < -0.4 is 0 Å². The van der Waals surface area contributed by atoms with Crippen LogP contribution in [0.2, 0.25) is 0 Å². The van der Waals surface area contributed by atoms with Gasteiger partial charge in [0.15, 0.2) is 0 Å². The predicted molar refractivity (Wildman–Crippen MR) is 84.6 cm³/mol. The molecule has 0 aliphatic heterocycles. The van der Waals surface area contributed by atoms with Crippen molar-refractivity contribution >= 4 is 21.9 Å². The average Bonchev–Trinajstić information content (AvgIpc) is 3.03. The summed E-state index contributed by atoms with van der Waals surface area (Å²) < 4.78 is 7.60. The minimum absolute atomic E-state index is 0.0764. The molecule has 0 aliphatic rings. The van der Waals surface area contributed by atoms with Gasteiger partial charge in [0.2, 0.25) is 0 Å². The zero-order valence-corrected chi connectivity index (χ0v) is 13.1. The first-order valence-electron chi connectivity index (χ1n) is 6.62. The number of benzene rings is 2. The third kappa shape index (κ3) is 3.23. The van der Waals surface area contributed by atoms with E-state index in [-0.39, 0.29) is 6.61 Å². The highest BCUT2D eigenvalue weighted by Crippen LogP contribution is 2.17. The van der Waals surface area contributed by atoms with Crippen LogP contribution in [0.1, 0.15) is 16.1 Å². The van der Waals surface area contributed by atoms with Gasteiger partial charge in [-0.15, -0.1) is 5.10 Å².